The molecular weight excluding hydrogens is 244 g/mol. The molecule has 3 fully saturated rings. The van der Waals surface area contributed by atoms with E-state index in [0.29, 0.717) is 11.3 Å². The van der Waals surface area contributed by atoms with Crippen LogP contribution < -0.4 is 0 Å². The van der Waals surface area contributed by atoms with Gasteiger partial charge in [0.1, 0.15) is 0 Å². The van der Waals surface area contributed by atoms with Gasteiger partial charge in [-0.05, 0) is 50.4 Å². The van der Waals surface area contributed by atoms with Crippen LogP contribution in [0.25, 0.3) is 0 Å². The Balaban J connectivity index is 1.64. The van der Waals surface area contributed by atoms with Crippen LogP contribution in [0.2, 0.25) is 0 Å². The molecule has 0 bridgehead atoms. The second-order valence-corrected chi connectivity index (χ2v) is 6.50. The summed E-state index contributed by atoms with van der Waals surface area (Å²) in [5.41, 5.74) is 0.341. The summed E-state index contributed by atoms with van der Waals surface area (Å²) in [5.74, 6) is 0.675. The molecule has 3 rings (SSSR count). The van der Waals surface area contributed by atoms with E-state index in [2.05, 4.69) is 0 Å². The molecule has 0 spiro atoms. The summed E-state index contributed by atoms with van der Waals surface area (Å²) < 4.78 is 11.0. The lowest BCUT2D eigenvalue weighted by Gasteiger charge is -2.54. The van der Waals surface area contributed by atoms with Gasteiger partial charge in [0, 0.05) is 18.6 Å². The summed E-state index contributed by atoms with van der Waals surface area (Å²) in [5, 5.41) is 9.11. The molecule has 108 valence electrons. The molecule has 0 aromatic heterocycles. The van der Waals surface area contributed by atoms with Crippen molar-refractivity contribution in [2.45, 2.75) is 38.5 Å². The van der Waals surface area contributed by atoms with Gasteiger partial charge in [-0.25, -0.2) is 0 Å². The molecule has 1 N–H and O–H groups in total. The van der Waals surface area contributed by atoms with E-state index in [1.54, 1.807) is 0 Å². The molecule has 0 atom stereocenters. The van der Waals surface area contributed by atoms with Crippen molar-refractivity contribution in [2.75, 3.05) is 26.4 Å². The topological polar surface area (TPSA) is 55.8 Å². The predicted molar refractivity (Wildman–Crippen MR) is 69.9 cm³/mol. The lowest BCUT2D eigenvalue weighted by molar-refractivity contribution is -0.200. The molecule has 3 aliphatic rings. The smallest absolute Gasteiger partial charge is 0.306 e. The van der Waals surface area contributed by atoms with Crippen molar-refractivity contribution in [1.29, 1.82) is 0 Å². The van der Waals surface area contributed by atoms with Crippen LogP contribution >= 0.6 is 0 Å². The third kappa shape index (κ3) is 2.40. The second-order valence-electron chi connectivity index (χ2n) is 6.50. The number of carboxylic acids is 1. The van der Waals surface area contributed by atoms with Crippen molar-refractivity contribution in [1.82, 2.24) is 0 Å². The Hall–Kier alpha value is -0.610. The molecule has 2 saturated heterocycles. The van der Waals surface area contributed by atoms with Crippen LogP contribution in [0.15, 0.2) is 0 Å². The van der Waals surface area contributed by atoms with Gasteiger partial charge in [0.15, 0.2) is 0 Å². The minimum atomic E-state index is -0.608. The Morgan fingerprint density at radius 1 is 0.895 bits per heavy atom. The number of hydrogen-bond acceptors (Lipinski definition) is 3. The minimum Gasteiger partial charge on any atom is -0.481 e. The Morgan fingerprint density at radius 2 is 1.47 bits per heavy atom. The van der Waals surface area contributed by atoms with Crippen molar-refractivity contribution < 1.29 is 19.4 Å². The van der Waals surface area contributed by atoms with Gasteiger partial charge >= 0.3 is 5.97 Å². The second kappa shape index (κ2) is 5.41. The third-order valence-corrected chi connectivity index (χ3v) is 5.67. The lowest BCUT2D eigenvalue weighted by atomic mass is 9.58. The van der Waals surface area contributed by atoms with Gasteiger partial charge in [-0.15, -0.1) is 0 Å². The minimum absolute atomic E-state index is 0.107. The van der Waals surface area contributed by atoms with Gasteiger partial charge in [0.2, 0.25) is 0 Å². The molecule has 0 aromatic rings. The van der Waals surface area contributed by atoms with Gasteiger partial charge in [-0.3, -0.25) is 4.79 Å². The molecule has 1 aliphatic carbocycles. The van der Waals surface area contributed by atoms with E-state index in [9.17, 15) is 4.79 Å². The van der Waals surface area contributed by atoms with E-state index in [-0.39, 0.29) is 5.92 Å². The van der Waals surface area contributed by atoms with Crippen molar-refractivity contribution in [3.8, 4) is 0 Å². The van der Waals surface area contributed by atoms with Gasteiger partial charge < -0.3 is 14.6 Å². The van der Waals surface area contributed by atoms with Crippen LogP contribution in [0, 0.1) is 23.2 Å². The fourth-order valence-corrected chi connectivity index (χ4v) is 4.33. The summed E-state index contributed by atoms with van der Waals surface area (Å²) in [7, 11) is 0. The van der Waals surface area contributed by atoms with Gasteiger partial charge in [0.05, 0.1) is 19.1 Å². The maximum absolute atomic E-state index is 11.1. The van der Waals surface area contributed by atoms with Crippen molar-refractivity contribution in [3.05, 3.63) is 0 Å². The Morgan fingerprint density at radius 3 is 1.95 bits per heavy atom. The molecule has 4 nitrogen and oxygen atoms in total. The average Bonchev–Trinajstić information content (AvgIpc) is 2.39. The standard InChI is InChI=1S/C15H24O4/c16-14(17)11-1-3-12(4-2-11)15(9-19-10-15)13-5-7-18-8-6-13/h11-13H,1-10H2,(H,16,17). The number of aliphatic carboxylic acids is 1. The zero-order valence-corrected chi connectivity index (χ0v) is 11.5. The highest BCUT2D eigenvalue weighted by Gasteiger charge is 2.51. The van der Waals surface area contributed by atoms with E-state index in [1.165, 1.54) is 0 Å². The summed E-state index contributed by atoms with van der Waals surface area (Å²) in [6.07, 6.45) is 6.15. The molecule has 0 amide bonds. The van der Waals surface area contributed by atoms with E-state index >= 15 is 0 Å². The normalized spacial score (nSPS) is 35.6. The first kappa shape index (κ1) is 13.4. The van der Waals surface area contributed by atoms with Crippen LogP contribution in [0.1, 0.15) is 38.5 Å². The fraction of sp³-hybridized carbons (Fsp3) is 0.933. The Bertz CT molecular complexity index is 323. The van der Waals surface area contributed by atoms with E-state index < -0.39 is 5.97 Å². The zero-order chi connectivity index (χ0) is 13.3. The molecule has 0 aromatic carbocycles. The van der Waals surface area contributed by atoms with E-state index in [0.717, 1.165) is 70.9 Å². The summed E-state index contributed by atoms with van der Waals surface area (Å²) in [6, 6.07) is 0. The van der Waals surface area contributed by atoms with Crippen LogP contribution in [0.3, 0.4) is 0 Å². The average molecular weight is 268 g/mol. The number of hydrogen-bond donors (Lipinski definition) is 1. The van der Waals surface area contributed by atoms with E-state index in [4.69, 9.17) is 14.6 Å². The molecule has 19 heavy (non-hydrogen) atoms. The van der Waals surface area contributed by atoms with Gasteiger partial charge in [-0.1, -0.05) is 0 Å². The molecule has 2 aliphatic heterocycles. The first-order chi connectivity index (χ1) is 9.22. The first-order valence-electron chi connectivity index (χ1n) is 7.61. The molecule has 0 radical (unpaired) electrons. The van der Waals surface area contributed by atoms with Crippen molar-refractivity contribution >= 4 is 5.97 Å². The number of carboxylic acid groups (broad SMARTS) is 1. The fourth-order valence-electron chi connectivity index (χ4n) is 4.33. The zero-order valence-electron chi connectivity index (χ0n) is 11.5. The summed E-state index contributed by atoms with van der Waals surface area (Å²) in [6.45, 7) is 3.55. The Kier molecular flexibility index (Phi) is 3.81. The van der Waals surface area contributed by atoms with E-state index in [1.807, 2.05) is 0 Å². The molecule has 0 unspecified atom stereocenters. The van der Waals surface area contributed by atoms with Crippen LogP contribution in [-0.4, -0.2) is 37.5 Å². The lowest BCUT2D eigenvalue weighted by Crippen LogP contribution is -2.55. The number of rotatable bonds is 3. The quantitative estimate of drug-likeness (QED) is 0.853. The SMILES string of the molecule is O=C(O)C1CCC(C2(C3CCOCC3)COC2)CC1. The third-order valence-electron chi connectivity index (χ3n) is 5.67. The maximum Gasteiger partial charge on any atom is 0.306 e. The van der Waals surface area contributed by atoms with Crippen molar-refractivity contribution in [2.24, 2.45) is 23.2 Å². The maximum atomic E-state index is 11.1. The molecule has 1 saturated carbocycles. The highest BCUT2D eigenvalue weighted by molar-refractivity contribution is 5.70. The summed E-state index contributed by atoms with van der Waals surface area (Å²) >= 11 is 0. The van der Waals surface area contributed by atoms with Gasteiger partial charge in [0.25, 0.3) is 0 Å². The molecule has 2 heterocycles. The number of carbonyl (C=O) groups is 1. The highest BCUT2D eigenvalue weighted by atomic mass is 16.5. The highest BCUT2D eigenvalue weighted by Crippen LogP contribution is 2.52. The first-order valence-corrected chi connectivity index (χ1v) is 7.61. The van der Waals surface area contributed by atoms with Crippen LogP contribution in [0.5, 0.6) is 0 Å². The Labute approximate surface area is 114 Å². The summed E-state index contributed by atoms with van der Waals surface area (Å²) in [4.78, 5) is 11.1. The molecule has 4 heteroatoms. The molecular formula is C15H24O4. The van der Waals surface area contributed by atoms with Crippen molar-refractivity contribution in [3.63, 3.8) is 0 Å². The predicted octanol–water partition coefficient (Wildman–Crippen LogP) is 2.32. The van der Waals surface area contributed by atoms with Crippen LogP contribution in [0.4, 0.5) is 0 Å². The monoisotopic (exact) mass is 268 g/mol. The number of ether oxygens (including phenoxy) is 2. The van der Waals surface area contributed by atoms with Gasteiger partial charge in [-0.2, -0.15) is 0 Å². The van der Waals surface area contributed by atoms with Crippen LogP contribution in [-0.2, 0) is 14.3 Å². The largest absolute Gasteiger partial charge is 0.481 e.